The molecule has 150 valence electrons. The van der Waals surface area contributed by atoms with E-state index in [1.54, 1.807) is 25.4 Å². The van der Waals surface area contributed by atoms with Crippen LogP contribution in [-0.4, -0.2) is 20.0 Å². The van der Waals surface area contributed by atoms with Crippen molar-refractivity contribution in [2.45, 2.75) is 19.9 Å². The van der Waals surface area contributed by atoms with E-state index in [-0.39, 0.29) is 11.4 Å². The molecule has 0 radical (unpaired) electrons. The van der Waals surface area contributed by atoms with E-state index in [2.05, 4.69) is 15.3 Å². The molecule has 0 fully saturated rings. The number of anilines is 1. The summed E-state index contributed by atoms with van der Waals surface area (Å²) >= 11 is 0. The number of pyridine rings is 2. The number of rotatable bonds is 5. The lowest BCUT2D eigenvalue weighted by Crippen LogP contribution is -2.14. The van der Waals surface area contributed by atoms with E-state index in [1.807, 2.05) is 43.3 Å². The molecular formula is C23H20N4O3. The van der Waals surface area contributed by atoms with Gasteiger partial charge in [0.1, 0.15) is 11.3 Å². The lowest BCUT2D eigenvalue weighted by atomic mass is 9.96. The van der Waals surface area contributed by atoms with Gasteiger partial charge in [-0.15, -0.1) is 0 Å². The van der Waals surface area contributed by atoms with Gasteiger partial charge in [0.15, 0.2) is 0 Å². The summed E-state index contributed by atoms with van der Waals surface area (Å²) in [6, 6.07) is 15.6. The van der Waals surface area contributed by atoms with E-state index in [1.165, 1.54) is 12.1 Å². The molecule has 2 heterocycles. The highest BCUT2D eigenvalue weighted by Gasteiger charge is 2.21. The second-order valence-electron chi connectivity index (χ2n) is 7.15. The molecular weight excluding hydrogens is 380 g/mol. The first-order valence-electron chi connectivity index (χ1n) is 9.45. The van der Waals surface area contributed by atoms with Crippen molar-refractivity contribution in [3.63, 3.8) is 0 Å². The second-order valence-corrected chi connectivity index (χ2v) is 7.15. The van der Waals surface area contributed by atoms with Crippen LogP contribution in [0.3, 0.4) is 0 Å². The molecule has 30 heavy (non-hydrogen) atoms. The summed E-state index contributed by atoms with van der Waals surface area (Å²) in [6.07, 6.45) is 3.41. The fourth-order valence-electron chi connectivity index (χ4n) is 3.49. The van der Waals surface area contributed by atoms with Crippen LogP contribution in [0.15, 0.2) is 67.0 Å². The minimum Gasteiger partial charge on any atom is -0.505 e. The van der Waals surface area contributed by atoms with Crippen molar-refractivity contribution in [2.24, 2.45) is 0 Å². The zero-order chi connectivity index (χ0) is 21.3. The molecule has 0 spiro atoms. The Balaban J connectivity index is 1.83. The maximum Gasteiger partial charge on any atom is 0.269 e. The molecule has 1 atom stereocenters. The molecule has 0 amide bonds. The van der Waals surface area contributed by atoms with E-state index in [9.17, 15) is 15.2 Å². The van der Waals surface area contributed by atoms with Crippen molar-refractivity contribution in [3.05, 3.63) is 99.5 Å². The molecule has 2 N–H and O–H groups in total. The quantitative estimate of drug-likeness (QED) is 0.359. The zero-order valence-electron chi connectivity index (χ0n) is 16.5. The predicted octanol–water partition coefficient (Wildman–Crippen LogP) is 5.06. The summed E-state index contributed by atoms with van der Waals surface area (Å²) < 4.78 is 0. The fraction of sp³-hybridized carbons (Fsp3) is 0.130. The number of nitro groups is 1. The maximum absolute atomic E-state index is 11.1. The van der Waals surface area contributed by atoms with E-state index < -0.39 is 11.0 Å². The van der Waals surface area contributed by atoms with E-state index in [0.717, 1.165) is 27.9 Å². The zero-order valence-corrected chi connectivity index (χ0v) is 16.5. The number of aryl methyl sites for hydroxylation is 2. The number of benzene rings is 2. The molecule has 4 aromatic rings. The minimum atomic E-state index is -0.425. The number of nitrogens with one attached hydrogen (secondary N) is 1. The van der Waals surface area contributed by atoms with Gasteiger partial charge in [-0.1, -0.05) is 24.3 Å². The molecule has 0 aliphatic rings. The highest BCUT2D eigenvalue weighted by atomic mass is 16.6. The Labute approximate surface area is 173 Å². The van der Waals surface area contributed by atoms with Crippen molar-refractivity contribution in [1.82, 2.24) is 9.97 Å². The Hall–Kier alpha value is -4.00. The summed E-state index contributed by atoms with van der Waals surface area (Å²) in [6.45, 7) is 3.68. The number of phenols is 1. The average molecular weight is 400 g/mol. The van der Waals surface area contributed by atoms with Gasteiger partial charge in [0, 0.05) is 46.9 Å². The number of nitrogens with zero attached hydrogens (tertiary/aromatic N) is 3. The highest BCUT2D eigenvalue weighted by Crippen LogP contribution is 2.37. The Morgan fingerprint density at radius 1 is 1.10 bits per heavy atom. The fourth-order valence-corrected chi connectivity index (χ4v) is 3.49. The number of hydrogen-bond donors (Lipinski definition) is 2. The van der Waals surface area contributed by atoms with Crippen molar-refractivity contribution in [3.8, 4) is 5.75 Å². The molecule has 1 unspecified atom stereocenters. The number of aromatic hydroxyl groups is 1. The van der Waals surface area contributed by atoms with Crippen LogP contribution in [0.2, 0.25) is 0 Å². The number of aromatic nitrogens is 2. The summed E-state index contributed by atoms with van der Waals surface area (Å²) in [7, 11) is 0. The Bertz CT molecular complexity index is 1240. The van der Waals surface area contributed by atoms with Gasteiger partial charge in [-0.2, -0.15) is 0 Å². The molecule has 2 aromatic carbocycles. The molecule has 0 bridgehead atoms. The molecule has 0 aliphatic carbocycles. The van der Waals surface area contributed by atoms with Gasteiger partial charge in [0.05, 0.1) is 11.0 Å². The first kappa shape index (κ1) is 19.3. The van der Waals surface area contributed by atoms with Crippen molar-refractivity contribution >= 4 is 22.3 Å². The lowest BCUT2D eigenvalue weighted by Gasteiger charge is -2.23. The number of hydrogen-bond acceptors (Lipinski definition) is 6. The van der Waals surface area contributed by atoms with Crippen molar-refractivity contribution < 1.29 is 10.0 Å². The van der Waals surface area contributed by atoms with Crippen LogP contribution in [0.5, 0.6) is 5.75 Å². The Morgan fingerprint density at radius 2 is 1.90 bits per heavy atom. The van der Waals surface area contributed by atoms with E-state index in [4.69, 9.17) is 0 Å². The van der Waals surface area contributed by atoms with Crippen LogP contribution in [-0.2, 0) is 0 Å². The van der Waals surface area contributed by atoms with E-state index >= 15 is 0 Å². The van der Waals surface area contributed by atoms with Crippen LogP contribution in [0, 0.1) is 24.0 Å². The lowest BCUT2D eigenvalue weighted by molar-refractivity contribution is -0.384. The number of nitro benzene ring substituents is 1. The number of fused-ring (bicyclic) bond motifs is 1. The summed E-state index contributed by atoms with van der Waals surface area (Å²) in [5.74, 6) is 0.0946. The first-order chi connectivity index (χ1) is 14.4. The summed E-state index contributed by atoms with van der Waals surface area (Å²) in [4.78, 5) is 19.4. The van der Waals surface area contributed by atoms with Crippen LogP contribution < -0.4 is 5.32 Å². The van der Waals surface area contributed by atoms with Gasteiger partial charge >= 0.3 is 0 Å². The predicted molar refractivity (Wildman–Crippen MR) is 116 cm³/mol. The average Bonchev–Trinajstić information content (AvgIpc) is 2.74. The smallest absolute Gasteiger partial charge is 0.269 e. The van der Waals surface area contributed by atoms with Gasteiger partial charge in [0.25, 0.3) is 5.69 Å². The largest absolute Gasteiger partial charge is 0.505 e. The molecule has 7 nitrogen and oxygen atoms in total. The van der Waals surface area contributed by atoms with Crippen LogP contribution in [0.4, 0.5) is 11.4 Å². The monoisotopic (exact) mass is 400 g/mol. The third kappa shape index (κ3) is 3.65. The summed E-state index contributed by atoms with van der Waals surface area (Å²) in [5.41, 5.74) is 4.32. The Kier molecular flexibility index (Phi) is 5.02. The van der Waals surface area contributed by atoms with Gasteiger partial charge in [-0.3, -0.25) is 15.1 Å². The normalized spacial score (nSPS) is 11.9. The van der Waals surface area contributed by atoms with Gasteiger partial charge in [0.2, 0.25) is 0 Å². The molecule has 2 aromatic heterocycles. The standard InChI is InChI=1S/C23H20N4O3/c1-14-12-18(27(29)30)8-10-20(14)26-21(17-4-3-11-24-13-17)19-9-7-16-6-5-15(2)25-22(16)23(19)28/h3-13,21,26,28H,1-2H3. The molecule has 4 rings (SSSR count). The second kappa shape index (κ2) is 7.79. The maximum atomic E-state index is 11.1. The third-order valence-electron chi connectivity index (χ3n) is 5.06. The van der Waals surface area contributed by atoms with Gasteiger partial charge < -0.3 is 10.4 Å². The molecule has 0 saturated carbocycles. The van der Waals surface area contributed by atoms with Crippen LogP contribution in [0.25, 0.3) is 10.9 Å². The molecule has 7 heteroatoms. The van der Waals surface area contributed by atoms with Crippen LogP contribution >= 0.6 is 0 Å². The minimum absolute atomic E-state index is 0.0317. The number of non-ortho nitro benzene ring substituents is 1. The topological polar surface area (TPSA) is 101 Å². The SMILES string of the molecule is Cc1ccc2ccc(C(Nc3ccc([N+](=O)[O-])cc3C)c3cccnc3)c(O)c2n1. The third-order valence-corrected chi connectivity index (χ3v) is 5.06. The van der Waals surface area contributed by atoms with Gasteiger partial charge in [-0.25, -0.2) is 4.98 Å². The number of phenolic OH excluding ortho intramolecular Hbond substituents is 1. The molecule has 0 saturated heterocycles. The highest BCUT2D eigenvalue weighted by molar-refractivity contribution is 5.86. The van der Waals surface area contributed by atoms with Gasteiger partial charge in [-0.05, 0) is 43.2 Å². The van der Waals surface area contributed by atoms with Crippen molar-refractivity contribution in [1.29, 1.82) is 0 Å². The summed E-state index contributed by atoms with van der Waals surface area (Å²) in [5, 5.41) is 26.4. The van der Waals surface area contributed by atoms with E-state index in [0.29, 0.717) is 11.1 Å². The Morgan fingerprint density at radius 3 is 2.60 bits per heavy atom. The van der Waals surface area contributed by atoms with Crippen molar-refractivity contribution in [2.75, 3.05) is 5.32 Å². The molecule has 0 aliphatic heterocycles. The first-order valence-corrected chi connectivity index (χ1v) is 9.45. The van der Waals surface area contributed by atoms with Crippen LogP contribution in [0.1, 0.15) is 28.4 Å².